The number of hydrazine groups is 1. The van der Waals surface area contributed by atoms with Crippen LogP contribution < -0.4 is 0 Å². The van der Waals surface area contributed by atoms with Crippen LogP contribution in [0.25, 0.3) is 0 Å². The molecule has 6 rings (SSSR count). The summed E-state index contributed by atoms with van der Waals surface area (Å²) >= 11 is 0. The molecule has 4 fully saturated rings. The molecule has 32 heavy (non-hydrogen) atoms. The molecule has 6 atom stereocenters. The number of hydrogen-bond acceptors (Lipinski definition) is 6. The molecular weight excluding hydrogens is 408 g/mol. The van der Waals surface area contributed by atoms with Crippen molar-refractivity contribution in [2.75, 3.05) is 14.1 Å². The molecule has 4 aliphatic heterocycles. The van der Waals surface area contributed by atoms with Gasteiger partial charge in [0.2, 0.25) is 23.6 Å². The van der Waals surface area contributed by atoms with Gasteiger partial charge in [0, 0.05) is 14.1 Å². The lowest BCUT2D eigenvalue weighted by Gasteiger charge is -2.35. The van der Waals surface area contributed by atoms with E-state index in [9.17, 15) is 19.2 Å². The number of amides is 4. The van der Waals surface area contributed by atoms with E-state index in [0.717, 1.165) is 11.1 Å². The molecule has 0 N–H and O–H groups in total. The minimum atomic E-state index is -0.751. The van der Waals surface area contributed by atoms with Gasteiger partial charge >= 0.3 is 0 Å². The second-order valence-corrected chi connectivity index (χ2v) is 8.88. The summed E-state index contributed by atoms with van der Waals surface area (Å²) in [6, 6.07) is 16.4. The van der Waals surface area contributed by atoms with Crippen molar-refractivity contribution in [2.24, 2.45) is 11.8 Å². The number of likely N-dealkylation sites (N-methyl/N-ethyl adjacent to an activating group) is 2. The van der Waals surface area contributed by atoms with Gasteiger partial charge in [-0.15, -0.1) is 0 Å². The summed E-state index contributed by atoms with van der Waals surface area (Å²) in [5, 5.41) is 3.75. The average Bonchev–Trinajstić information content (AvgIpc) is 3.46. The van der Waals surface area contributed by atoms with E-state index in [2.05, 4.69) is 0 Å². The Morgan fingerprint density at radius 2 is 0.844 bits per heavy atom. The lowest BCUT2D eigenvalue weighted by Crippen LogP contribution is -2.49. The first-order chi connectivity index (χ1) is 15.4. The zero-order chi connectivity index (χ0) is 22.3. The van der Waals surface area contributed by atoms with Gasteiger partial charge in [-0.1, -0.05) is 60.7 Å². The number of imide groups is 2. The molecule has 0 spiro atoms. The Hall–Kier alpha value is -3.36. The monoisotopic (exact) mass is 430 g/mol. The first kappa shape index (κ1) is 19.3. The molecule has 8 nitrogen and oxygen atoms in total. The van der Waals surface area contributed by atoms with E-state index in [1.54, 1.807) is 0 Å². The zero-order valence-electron chi connectivity index (χ0n) is 17.7. The lowest BCUT2D eigenvalue weighted by atomic mass is 9.84. The Kier molecular flexibility index (Phi) is 3.97. The van der Waals surface area contributed by atoms with Gasteiger partial charge in [0.15, 0.2) is 0 Å². The quantitative estimate of drug-likeness (QED) is 0.661. The van der Waals surface area contributed by atoms with Gasteiger partial charge in [0.25, 0.3) is 0 Å². The molecule has 2 aromatic rings. The lowest BCUT2D eigenvalue weighted by molar-refractivity contribution is -0.151. The van der Waals surface area contributed by atoms with Crippen LogP contribution in [0, 0.1) is 11.8 Å². The molecule has 0 unspecified atom stereocenters. The molecule has 4 saturated heterocycles. The Balaban J connectivity index is 1.60. The molecule has 162 valence electrons. The number of benzene rings is 2. The summed E-state index contributed by atoms with van der Waals surface area (Å²) in [6.45, 7) is 0. The molecule has 4 amide bonds. The minimum absolute atomic E-state index is 0.253. The predicted molar refractivity (Wildman–Crippen MR) is 112 cm³/mol. The predicted octanol–water partition coefficient (Wildman–Crippen LogP) is 0.982. The number of nitrogens with zero attached hydrogens (tertiary/aromatic N) is 4. The van der Waals surface area contributed by atoms with Crippen LogP contribution in [0.2, 0.25) is 0 Å². The van der Waals surface area contributed by atoms with E-state index in [1.807, 2.05) is 70.7 Å². The SMILES string of the molecule is CN1C(=O)[C@@H]2[C@@H](C1=O)N1[C@@H](c3ccccc3)[C@@H]3C(=O)N(C)C(=O)[C@@H]3N1[C@@H]2c1ccccc1. The normalized spacial score (nSPS) is 34.4. The largest absolute Gasteiger partial charge is 0.284 e. The number of carbonyl (C=O) groups excluding carboxylic acids is 4. The van der Waals surface area contributed by atoms with Crippen molar-refractivity contribution in [2.45, 2.75) is 24.2 Å². The van der Waals surface area contributed by atoms with Crippen molar-refractivity contribution in [3.05, 3.63) is 71.8 Å². The molecule has 0 aromatic heterocycles. The van der Waals surface area contributed by atoms with E-state index >= 15 is 0 Å². The number of likely N-dealkylation sites (tertiary alicyclic amines) is 2. The zero-order valence-corrected chi connectivity index (χ0v) is 17.7. The maximum atomic E-state index is 13.3. The van der Waals surface area contributed by atoms with Crippen molar-refractivity contribution < 1.29 is 19.2 Å². The third-order valence-electron chi connectivity index (χ3n) is 7.45. The van der Waals surface area contributed by atoms with Crippen molar-refractivity contribution in [1.82, 2.24) is 19.8 Å². The van der Waals surface area contributed by atoms with Crippen molar-refractivity contribution in [3.63, 3.8) is 0 Å². The molecule has 0 saturated carbocycles. The highest BCUT2D eigenvalue weighted by Crippen LogP contribution is 2.58. The van der Waals surface area contributed by atoms with E-state index < -0.39 is 36.0 Å². The van der Waals surface area contributed by atoms with Crippen LogP contribution in [-0.2, 0) is 19.2 Å². The van der Waals surface area contributed by atoms with E-state index in [-0.39, 0.29) is 23.6 Å². The van der Waals surface area contributed by atoms with Gasteiger partial charge in [-0.3, -0.25) is 29.0 Å². The first-order valence-electron chi connectivity index (χ1n) is 10.7. The molecule has 0 aliphatic carbocycles. The Morgan fingerprint density at radius 3 is 1.19 bits per heavy atom. The third-order valence-corrected chi connectivity index (χ3v) is 7.45. The minimum Gasteiger partial charge on any atom is -0.284 e. The smallest absolute Gasteiger partial charge is 0.248 e. The van der Waals surface area contributed by atoms with Crippen LogP contribution in [0.5, 0.6) is 0 Å². The summed E-state index contributed by atoms with van der Waals surface area (Å²) in [5.74, 6) is -2.38. The highest BCUT2D eigenvalue weighted by Gasteiger charge is 2.72. The van der Waals surface area contributed by atoms with Crippen molar-refractivity contribution in [3.8, 4) is 0 Å². The third kappa shape index (κ3) is 2.23. The Morgan fingerprint density at radius 1 is 0.500 bits per heavy atom. The molecule has 0 bridgehead atoms. The van der Waals surface area contributed by atoms with Crippen LogP contribution in [0.4, 0.5) is 0 Å². The van der Waals surface area contributed by atoms with Crippen LogP contribution in [0.15, 0.2) is 60.7 Å². The summed E-state index contributed by atoms with van der Waals surface area (Å²) in [6.07, 6.45) is 0. The second-order valence-electron chi connectivity index (χ2n) is 8.88. The van der Waals surface area contributed by atoms with Crippen molar-refractivity contribution >= 4 is 23.6 Å². The van der Waals surface area contributed by atoms with E-state index in [4.69, 9.17) is 0 Å². The second kappa shape index (κ2) is 6.57. The van der Waals surface area contributed by atoms with Crippen LogP contribution >= 0.6 is 0 Å². The number of fused-ring (bicyclic) bond motifs is 5. The summed E-state index contributed by atoms with van der Waals surface area (Å²) in [5.41, 5.74) is 1.70. The maximum absolute atomic E-state index is 13.3. The van der Waals surface area contributed by atoms with Gasteiger partial charge in [-0.2, -0.15) is 0 Å². The summed E-state index contributed by atoms with van der Waals surface area (Å²) in [7, 11) is 3.02. The van der Waals surface area contributed by atoms with Gasteiger partial charge in [0.05, 0.1) is 23.9 Å². The Labute approximate surface area is 185 Å². The fourth-order valence-corrected chi connectivity index (χ4v) is 6.08. The first-order valence-corrected chi connectivity index (χ1v) is 10.7. The van der Waals surface area contributed by atoms with Crippen LogP contribution in [-0.4, -0.2) is 69.6 Å². The standard InChI is InChI=1S/C24H22N4O4/c1-25-21(29)15-17(13-9-5-3-6-10-13)28-20-16(22(30)26(2)24(20)32)18(14-11-7-4-8-12-14)27(28)19(15)23(25)31/h3-12,15-20H,1-2H3/t15-,16-,17-,18+,19+,20-/m0/s1. The number of carbonyl (C=O) groups is 4. The topological polar surface area (TPSA) is 81.2 Å². The van der Waals surface area contributed by atoms with Crippen molar-refractivity contribution in [1.29, 1.82) is 0 Å². The van der Waals surface area contributed by atoms with E-state index in [0.29, 0.717) is 0 Å². The highest BCUT2D eigenvalue weighted by molar-refractivity contribution is 6.10. The van der Waals surface area contributed by atoms with Gasteiger partial charge in [-0.25, -0.2) is 10.0 Å². The fourth-order valence-electron chi connectivity index (χ4n) is 6.08. The molecule has 2 aromatic carbocycles. The van der Waals surface area contributed by atoms with Gasteiger partial charge < -0.3 is 0 Å². The van der Waals surface area contributed by atoms with Crippen LogP contribution in [0.1, 0.15) is 23.2 Å². The number of rotatable bonds is 2. The average molecular weight is 430 g/mol. The van der Waals surface area contributed by atoms with E-state index in [1.165, 1.54) is 23.9 Å². The summed E-state index contributed by atoms with van der Waals surface area (Å²) < 4.78 is 0. The summed E-state index contributed by atoms with van der Waals surface area (Å²) in [4.78, 5) is 55.5. The highest BCUT2D eigenvalue weighted by atomic mass is 16.2. The Bertz CT molecular complexity index is 1060. The maximum Gasteiger partial charge on any atom is 0.248 e. The molecule has 4 heterocycles. The molecular formula is C24H22N4O4. The molecule has 4 aliphatic rings. The molecule has 0 radical (unpaired) electrons. The molecule has 8 heteroatoms. The van der Waals surface area contributed by atoms with Gasteiger partial charge in [-0.05, 0) is 11.1 Å². The van der Waals surface area contributed by atoms with Crippen LogP contribution in [0.3, 0.4) is 0 Å². The fraction of sp³-hybridized carbons (Fsp3) is 0.333. The number of hydrogen-bond donors (Lipinski definition) is 0. The van der Waals surface area contributed by atoms with Gasteiger partial charge in [0.1, 0.15) is 12.1 Å².